The molecule has 0 bridgehead atoms. The summed E-state index contributed by atoms with van der Waals surface area (Å²) >= 11 is 0. The fourth-order valence-corrected chi connectivity index (χ4v) is 7.13. The van der Waals surface area contributed by atoms with E-state index in [9.17, 15) is 0 Å². The van der Waals surface area contributed by atoms with Crippen LogP contribution in [0, 0.1) is 6.92 Å². The van der Waals surface area contributed by atoms with Gasteiger partial charge in [-0.25, -0.2) is 0 Å². The molecule has 0 saturated heterocycles. The molecule has 9 rings (SSSR count). The minimum absolute atomic E-state index is 0.832. The van der Waals surface area contributed by atoms with Gasteiger partial charge < -0.3 is 5.73 Å². The highest BCUT2D eigenvalue weighted by Crippen LogP contribution is 2.43. The molecule has 1 nitrogen and oxygen atoms in total. The van der Waals surface area contributed by atoms with Crippen molar-refractivity contribution in [1.29, 1.82) is 0 Å². The fourth-order valence-electron chi connectivity index (χ4n) is 7.13. The highest BCUT2D eigenvalue weighted by atomic mass is 14.5. The van der Waals surface area contributed by atoms with Crippen LogP contribution in [0.3, 0.4) is 0 Å². The number of nitrogens with two attached hydrogens (primary N) is 1. The first-order valence-corrected chi connectivity index (χ1v) is 13.9. The molecule has 0 aliphatic heterocycles. The molecule has 0 aromatic heterocycles. The zero-order valence-electron chi connectivity index (χ0n) is 22.1. The first kappa shape index (κ1) is 21.8. The van der Waals surface area contributed by atoms with Crippen LogP contribution in [0.25, 0.3) is 86.9 Å². The van der Waals surface area contributed by atoms with Crippen LogP contribution in [0.2, 0.25) is 0 Å². The molecule has 0 atom stereocenters. The van der Waals surface area contributed by atoms with E-state index in [0.29, 0.717) is 0 Å². The third kappa shape index (κ3) is 2.81. The molecule has 0 radical (unpaired) electrons. The Morgan fingerprint density at radius 1 is 0.400 bits per heavy atom. The second kappa shape index (κ2) is 7.71. The number of anilines is 1. The average molecular weight is 508 g/mol. The summed E-state index contributed by atoms with van der Waals surface area (Å²) in [5, 5.41) is 15.4. The Morgan fingerprint density at radius 2 is 0.825 bits per heavy atom. The number of hydrogen-bond donors (Lipinski definition) is 1. The molecule has 9 aromatic rings. The summed E-state index contributed by atoms with van der Waals surface area (Å²) in [6.45, 7) is 2.21. The maximum absolute atomic E-state index is 6.41. The maximum Gasteiger partial charge on any atom is 0.0394 e. The minimum Gasteiger partial charge on any atom is -0.398 e. The third-order valence-corrected chi connectivity index (χ3v) is 9.07. The van der Waals surface area contributed by atoms with Crippen molar-refractivity contribution in [3.05, 3.63) is 127 Å². The second-order valence-corrected chi connectivity index (χ2v) is 11.2. The fraction of sp³-hybridized carbons (Fsp3) is 0.0256. The summed E-state index contributed by atoms with van der Waals surface area (Å²) in [7, 11) is 0. The molecule has 0 aliphatic carbocycles. The van der Waals surface area contributed by atoms with Crippen molar-refractivity contribution in [1.82, 2.24) is 0 Å². The van der Waals surface area contributed by atoms with Gasteiger partial charge in [-0.3, -0.25) is 0 Å². The molecule has 186 valence electrons. The minimum atomic E-state index is 0.832. The van der Waals surface area contributed by atoms with E-state index in [1.54, 1.807) is 0 Å². The van der Waals surface area contributed by atoms with Gasteiger partial charge in [-0.15, -0.1) is 0 Å². The molecule has 9 aromatic carbocycles. The highest BCUT2D eigenvalue weighted by molar-refractivity contribution is 6.28. The summed E-state index contributed by atoms with van der Waals surface area (Å²) < 4.78 is 0. The van der Waals surface area contributed by atoms with Gasteiger partial charge in [0.05, 0.1) is 0 Å². The summed E-state index contributed by atoms with van der Waals surface area (Å²) in [5.41, 5.74) is 13.6. The van der Waals surface area contributed by atoms with Gasteiger partial charge in [0, 0.05) is 11.1 Å². The molecule has 0 aliphatic rings. The standard InChI is InChI=1S/C39H25N/c1-22-5-6-23-10-17-32-30(15-8-24-7-14-29(22)36(23)37(24)32)27-3-2-4-28(21-27)31-16-9-25-12-19-34-35(40)20-13-26-11-18-33(31)38(25)39(26)34/h2-21H,40H2,1H3. The summed E-state index contributed by atoms with van der Waals surface area (Å²) in [4.78, 5) is 0. The van der Waals surface area contributed by atoms with E-state index in [-0.39, 0.29) is 0 Å². The predicted molar refractivity (Wildman–Crippen MR) is 174 cm³/mol. The molecule has 1 heteroatoms. The average Bonchev–Trinajstić information content (AvgIpc) is 3.00. The molecular weight excluding hydrogens is 482 g/mol. The van der Waals surface area contributed by atoms with Gasteiger partial charge in [0.15, 0.2) is 0 Å². The zero-order valence-corrected chi connectivity index (χ0v) is 22.1. The molecule has 0 heterocycles. The van der Waals surface area contributed by atoms with E-state index in [4.69, 9.17) is 5.73 Å². The van der Waals surface area contributed by atoms with E-state index in [1.165, 1.54) is 87.1 Å². The smallest absolute Gasteiger partial charge is 0.0394 e. The van der Waals surface area contributed by atoms with E-state index in [2.05, 4.69) is 122 Å². The van der Waals surface area contributed by atoms with Gasteiger partial charge in [0.2, 0.25) is 0 Å². The molecule has 2 N–H and O–H groups in total. The van der Waals surface area contributed by atoms with Crippen LogP contribution in [0.5, 0.6) is 0 Å². The first-order chi connectivity index (χ1) is 19.7. The van der Waals surface area contributed by atoms with Crippen molar-refractivity contribution in [3.63, 3.8) is 0 Å². The Bertz CT molecular complexity index is 2280. The van der Waals surface area contributed by atoms with Gasteiger partial charge in [-0.1, -0.05) is 109 Å². The topological polar surface area (TPSA) is 26.0 Å². The van der Waals surface area contributed by atoms with Crippen molar-refractivity contribution in [3.8, 4) is 22.3 Å². The quantitative estimate of drug-likeness (QED) is 0.183. The third-order valence-electron chi connectivity index (χ3n) is 9.07. The molecule has 0 unspecified atom stereocenters. The molecule has 40 heavy (non-hydrogen) atoms. The summed E-state index contributed by atoms with van der Waals surface area (Å²) in [6, 6.07) is 44.8. The number of nitrogen functional groups attached to an aromatic ring is 1. The first-order valence-electron chi connectivity index (χ1n) is 13.9. The van der Waals surface area contributed by atoms with Crippen molar-refractivity contribution in [2.45, 2.75) is 6.92 Å². The summed E-state index contributed by atoms with van der Waals surface area (Å²) in [6.07, 6.45) is 0. The molecular formula is C39H25N. The summed E-state index contributed by atoms with van der Waals surface area (Å²) in [5.74, 6) is 0. The highest BCUT2D eigenvalue weighted by Gasteiger charge is 2.16. The Kier molecular flexibility index (Phi) is 4.19. The van der Waals surface area contributed by atoms with Crippen molar-refractivity contribution in [2.75, 3.05) is 5.73 Å². The van der Waals surface area contributed by atoms with Gasteiger partial charge in [-0.2, -0.15) is 0 Å². The normalized spacial score (nSPS) is 12.2. The van der Waals surface area contributed by atoms with Crippen molar-refractivity contribution in [2.24, 2.45) is 0 Å². The number of aryl methyl sites for hydroxylation is 1. The Labute approximate surface area is 231 Å². The number of rotatable bonds is 2. The van der Waals surface area contributed by atoms with Crippen LogP contribution in [-0.4, -0.2) is 0 Å². The lowest BCUT2D eigenvalue weighted by Crippen LogP contribution is -1.91. The lowest BCUT2D eigenvalue weighted by atomic mass is 9.87. The lowest BCUT2D eigenvalue weighted by molar-refractivity contribution is 1.55. The van der Waals surface area contributed by atoms with Crippen LogP contribution in [0.1, 0.15) is 5.56 Å². The largest absolute Gasteiger partial charge is 0.398 e. The zero-order chi connectivity index (χ0) is 26.5. The molecule has 0 saturated carbocycles. The van der Waals surface area contributed by atoms with E-state index in [0.717, 1.165) is 11.1 Å². The Morgan fingerprint density at radius 3 is 1.43 bits per heavy atom. The maximum atomic E-state index is 6.41. The van der Waals surface area contributed by atoms with Gasteiger partial charge in [0.25, 0.3) is 0 Å². The van der Waals surface area contributed by atoms with Crippen LogP contribution >= 0.6 is 0 Å². The van der Waals surface area contributed by atoms with Gasteiger partial charge in [-0.05, 0) is 106 Å². The van der Waals surface area contributed by atoms with Gasteiger partial charge in [0.1, 0.15) is 0 Å². The molecule has 0 fully saturated rings. The SMILES string of the molecule is Cc1ccc2ccc3c(-c4cccc(-c5ccc6ccc7c(N)ccc8ccc5c6c87)c4)ccc4ccc1c2c43. The van der Waals surface area contributed by atoms with Crippen LogP contribution in [0.4, 0.5) is 5.69 Å². The molecule has 0 spiro atoms. The van der Waals surface area contributed by atoms with Crippen LogP contribution in [-0.2, 0) is 0 Å². The second-order valence-electron chi connectivity index (χ2n) is 11.2. The van der Waals surface area contributed by atoms with Crippen molar-refractivity contribution >= 4 is 70.3 Å². The Balaban J connectivity index is 1.30. The number of hydrogen-bond acceptors (Lipinski definition) is 1. The molecule has 0 amide bonds. The van der Waals surface area contributed by atoms with Crippen molar-refractivity contribution < 1.29 is 0 Å². The van der Waals surface area contributed by atoms with Crippen LogP contribution in [0.15, 0.2) is 121 Å². The Hall–Kier alpha value is -5.14. The van der Waals surface area contributed by atoms with E-state index >= 15 is 0 Å². The van der Waals surface area contributed by atoms with E-state index in [1.807, 2.05) is 6.07 Å². The lowest BCUT2D eigenvalue weighted by Gasteiger charge is -2.17. The number of benzene rings is 9. The van der Waals surface area contributed by atoms with E-state index < -0.39 is 0 Å². The van der Waals surface area contributed by atoms with Crippen LogP contribution < -0.4 is 5.73 Å². The predicted octanol–water partition coefficient (Wildman–Crippen LogP) is 10.7. The monoisotopic (exact) mass is 507 g/mol. The van der Waals surface area contributed by atoms with Gasteiger partial charge >= 0.3 is 0 Å².